The lowest BCUT2D eigenvalue weighted by Gasteiger charge is -2.23. The van der Waals surface area contributed by atoms with Gasteiger partial charge in [0.05, 0.1) is 19.6 Å². The van der Waals surface area contributed by atoms with Gasteiger partial charge in [-0.25, -0.2) is 0 Å². The largest absolute Gasteiger partial charge is 0.497 e. The molecule has 0 aliphatic carbocycles. The molecule has 1 aromatic carbocycles. The zero-order valence-electron chi connectivity index (χ0n) is 11.6. The van der Waals surface area contributed by atoms with Gasteiger partial charge in [0, 0.05) is 12.1 Å². The van der Waals surface area contributed by atoms with E-state index in [0.717, 1.165) is 36.7 Å². The Morgan fingerprint density at radius 2 is 1.83 bits per heavy atom. The van der Waals surface area contributed by atoms with Gasteiger partial charge in [-0.2, -0.15) is 0 Å². The van der Waals surface area contributed by atoms with Crippen LogP contribution < -0.4 is 9.47 Å². The van der Waals surface area contributed by atoms with Crippen molar-refractivity contribution in [2.24, 2.45) is 0 Å². The smallest absolute Gasteiger partial charge is 0.123 e. The van der Waals surface area contributed by atoms with Gasteiger partial charge >= 0.3 is 0 Å². The Bertz CT molecular complexity index is 367. The minimum Gasteiger partial charge on any atom is -0.497 e. The molecule has 1 atom stereocenters. The number of rotatable bonds is 7. The maximum Gasteiger partial charge on any atom is 0.123 e. The second kappa shape index (κ2) is 7.49. The Morgan fingerprint density at radius 3 is 2.33 bits per heavy atom. The number of halogens is 1. The van der Waals surface area contributed by atoms with Gasteiger partial charge in [-0.1, -0.05) is 13.8 Å². The SMILES string of the molecule is CCN(CC)CC(Cl)c1cc(OC)ccc1OC. The zero-order valence-corrected chi connectivity index (χ0v) is 12.3. The quantitative estimate of drug-likeness (QED) is 0.710. The van der Waals surface area contributed by atoms with E-state index in [1.54, 1.807) is 14.2 Å². The second-order valence-corrected chi connectivity index (χ2v) is 4.59. The summed E-state index contributed by atoms with van der Waals surface area (Å²) in [6.45, 7) is 7.06. The molecule has 0 spiro atoms. The van der Waals surface area contributed by atoms with Crippen LogP contribution in [-0.4, -0.2) is 38.8 Å². The molecule has 0 aromatic heterocycles. The Morgan fingerprint density at radius 1 is 1.17 bits per heavy atom. The van der Waals surface area contributed by atoms with Crippen LogP contribution in [0.25, 0.3) is 0 Å². The van der Waals surface area contributed by atoms with Crippen LogP contribution in [0, 0.1) is 0 Å². The number of nitrogens with zero attached hydrogens (tertiary/aromatic N) is 1. The molecule has 102 valence electrons. The standard InChI is InChI=1S/C14H22ClNO2/c1-5-16(6-2)10-13(15)12-9-11(17-3)7-8-14(12)18-4/h7-9,13H,5-6,10H2,1-4H3. The normalized spacial score (nSPS) is 12.6. The van der Waals surface area contributed by atoms with Crippen LogP contribution in [0.4, 0.5) is 0 Å². The van der Waals surface area contributed by atoms with E-state index in [2.05, 4.69) is 18.7 Å². The van der Waals surface area contributed by atoms with Crippen molar-refractivity contribution in [2.45, 2.75) is 19.2 Å². The van der Waals surface area contributed by atoms with Crippen LogP contribution in [0.1, 0.15) is 24.8 Å². The number of ether oxygens (including phenoxy) is 2. The lowest BCUT2D eigenvalue weighted by atomic mass is 10.1. The Balaban J connectivity index is 2.91. The first-order valence-electron chi connectivity index (χ1n) is 6.24. The minimum atomic E-state index is -0.102. The average molecular weight is 272 g/mol. The molecule has 1 unspecified atom stereocenters. The van der Waals surface area contributed by atoms with Gasteiger partial charge in [-0.3, -0.25) is 0 Å². The predicted octanol–water partition coefficient (Wildman–Crippen LogP) is 3.33. The van der Waals surface area contributed by atoms with Crippen molar-refractivity contribution in [3.05, 3.63) is 23.8 Å². The summed E-state index contributed by atoms with van der Waals surface area (Å²) >= 11 is 6.49. The number of methoxy groups -OCH3 is 2. The predicted molar refractivity (Wildman–Crippen MR) is 75.9 cm³/mol. The highest BCUT2D eigenvalue weighted by atomic mass is 35.5. The monoisotopic (exact) mass is 271 g/mol. The van der Waals surface area contributed by atoms with E-state index in [0.29, 0.717) is 0 Å². The van der Waals surface area contributed by atoms with Crippen LogP contribution >= 0.6 is 11.6 Å². The molecule has 1 rings (SSSR count). The van der Waals surface area contributed by atoms with Crippen molar-refractivity contribution in [3.8, 4) is 11.5 Å². The molecule has 0 heterocycles. The minimum absolute atomic E-state index is 0.102. The van der Waals surface area contributed by atoms with E-state index in [-0.39, 0.29) is 5.38 Å². The number of alkyl halides is 1. The van der Waals surface area contributed by atoms with Crippen molar-refractivity contribution in [2.75, 3.05) is 33.9 Å². The van der Waals surface area contributed by atoms with E-state index in [9.17, 15) is 0 Å². The van der Waals surface area contributed by atoms with Gasteiger partial charge in [-0.05, 0) is 31.3 Å². The van der Waals surface area contributed by atoms with E-state index in [1.807, 2.05) is 18.2 Å². The van der Waals surface area contributed by atoms with Gasteiger partial charge < -0.3 is 14.4 Å². The van der Waals surface area contributed by atoms with Gasteiger partial charge in [-0.15, -0.1) is 11.6 Å². The van der Waals surface area contributed by atoms with Crippen molar-refractivity contribution in [1.29, 1.82) is 0 Å². The number of benzene rings is 1. The fourth-order valence-electron chi connectivity index (χ4n) is 1.89. The lowest BCUT2D eigenvalue weighted by molar-refractivity contribution is 0.301. The number of likely N-dealkylation sites (N-methyl/N-ethyl adjacent to an activating group) is 1. The number of hydrogen-bond donors (Lipinski definition) is 0. The van der Waals surface area contributed by atoms with Crippen molar-refractivity contribution < 1.29 is 9.47 Å². The molecular weight excluding hydrogens is 250 g/mol. The van der Waals surface area contributed by atoms with Crippen LogP contribution in [0.3, 0.4) is 0 Å². The molecule has 0 saturated carbocycles. The molecule has 0 aliphatic rings. The molecule has 4 heteroatoms. The maximum absolute atomic E-state index is 6.49. The topological polar surface area (TPSA) is 21.7 Å². The van der Waals surface area contributed by atoms with Gasteiger partial charge in [0.25, 0.3) is 0 Å². The van der Waals surface area contributed by atoms with Crippen molar-refractivity contribution in [1.82, 2.24) is 4.90 Å². The molecule has 1 aromatic rings. The fraction of sp³-hybridized carbons (Fsp3) is 0.571. The van der Waals surface area contributed by atoms with E-state index in [4.69, 9.17) is 21.1 Å². The summed E-state index contributed by atoms with van der Waals surface area (Å²) in [5, 5.41) is -0.102. The van der Waals surface area contributed by atoms with Crippen molar-refractivity contribution in [3.63, 3.8) is 0 Å². The summed E-state index contributed by atoms with van der Waals surface area (Å²) in [6.07, 6.45) is 0. The number of hydrogen-bond acceptors (Lipinski definition) is 3. The van der Waals surface area contributed by atoms with Gasteiger partial charge in [0.2, 0.25) is 0 Å². The van der Waals surface area contributed by atoms with Crippen LogP contribution in [0.2, 0.25) is 0 Å². The molecule has 0 bridgehead atoms. The zero-order chi connectivity index (χ0) is 13.5. The van der Waals surface area contributed by atoms with Crippen molar-refractivity contribution >= 4 is 11.6 Å². The molecule has 0 N–H and O–H groups in total. The highest BCUT2D eigenvalue weighted by Crippen LogP contribution is 2.33. The second-order valence-electron chi connectivity index (χ2n) is 4.06. The Hall–Kier alpha value is -0.930. The molecule has 18 heavy (non-hydrogen) atoms. The first-order chi connectivity index (χ1) is 8.65. The summed E-state index contributed by atoms with van der Waals surface area (Å²) in [4.78, 5) is 2.29. The Labute approximate surface area is 115 Å². The van der Waals surface area contributed by atoms with Crippen LogP contribution in [0.5, 0.6) is 11.5 Å². The van der Waals surface area contributed by atoms with Gasteiger partial charge in [0.15, 0.2) is 0 Å². The fourth-order valence-corrected chi connectivity index (χ4v) is 2.26. The highest BCUT2D eigenvalue weighted by molar-refractivity contribution is 6.21. The summed E-state index contributed by atoms with van der Waals surface area (Å²) in [6, 6.07) is 5.72. The third-order valence-corrected chi connectivity index (χ3v) is 3.46. The average Bonchev–Trinajstić information content (AvgIpc) is 2.43. The summed E-state index contributed by atoms with van der Waals surface area (Å²) in [7, 11) is 3.31. The van der Waals surface area contributed by atoms with Gasteiger partial charge in [0.1, 0.15) is 11.5 Å². The first-order valence-corrected chi connectivity index (χ1v) is 6.68. The molecule has 0 fully saturated rings. The van der Waals surface area contributed by atoms with Crippen LogP contribution in [-0.2, 0) is 0 Å². The van der Waals surface area contributed by atoms with E-state index < -0.39 is 0 Å². The first kappa shape index (κ1) is 15.1. The summed E-state index contributed by atoms with van der Waals surface area (Å²) in [5.41, 5.74) is 0.977. The lowest BCUT2D eigenvalue weighted by Crippen LogP contribution is -2.26. The van der Waals surface area contributed by atoms with E-state index in [1.165, 1.54) is 0 Å². The molecule has 0 saturated heterocycles. The highest BCUT2D eigenvalue weighted by Gasteiger charge is 2.17. The third-order valence-electron chi connectivity index (χ3n) is 3.09. The Kier molecular flexibility index (Phi) is 6.30. The summed E-state index contributed by atoms with van der Waals surface area (Å²) < 4.78 is 10.6. The van der Waals surface area contributed by atoms with E-state index >= 15 is 0 Å². The molecular formula is C14H22ClNO2. The molecule has 3 nitrogen and oxygen atoms in total. The summed E-state index contributed by atoms with van der Waals surface area (Å²) in [5.74, 6) is 1.61. The molecule has 0 aliphatic heterocycles. The third kappa shape index (κ3) is 3.79. The van der Waals surface area contributed by atoms with Crippen LogP contribution in [0.15, 0.2) is 18.2 Å². The molecule has 0 amide bonds. The molecule has 0 radical (unpaired) electrons. The maximum atomic E-state index is 6.49.